The zero-order chi connectivity index (χ0) is 15.1. The average Bonchev–Trinajstić information content (AvgIpc) is 2.54. The van der Waals surface area contributed by atoms with Gasteiger partial charge in [-0.2, -0.15) is 0 Å². The average molecular weight is 285 g/mol. The molecule has 2 rings (SSSR count). The number of aliphatic hydroxyl groups excluding tert-OH is 1. The van der Waals surface area contributed by atoms with E-state index in [9.17, 15) is 0 Å². The standard InChI is InChI=1S/C18H23NO2/c1-14(10-15-6-8-18(21-2)9-7-15)19-12-16-4-3-5-17(11-16)13-20/h3-9,11,14,19-20H,10,12-13H2,1-2H3. The summed E-state index contributed by atoms with van der Waals surface area (Å²) >= 11 is 0. The zero-order valence-corrected chi connectivity index (χ0v) is 12.7. The topological polar surface area (TPSA) is 41.5 Å². The van der Waals surface area contributed by atoms with Gasteiger partial charge in [-0.15, -0.1) is 0 Å². The molecule has 0 amide bonds. The van der Waals surface area contributed by atoms with E-state index in [-0.39, 0.29) is 6.61 Å². The molecule has 0 aliphatic carbocycles. The summed E-state index contributed by atoms with van der Waals surface area (Å²) in [5, 5.41) is 12.7. The van der Waals surface area contributed by atoms with Crippen molar-refractivity contribution in [3.63, 3.8) is 0 Å². The maximum Gasteiger partial charge on any atom is 0.118 e. The van der Waals surface area contributed by atoms with Gasteiger partial charge in [0.1, 0.15) is 5.75 Å². The van der Waals surface area contributed by atoms with Crippen molar-refractivity contribution in [3.8, 4) is 5.75 Å². The Kier molecular flexibility index (Phi) is 5.78. The van der Waals surface area contributed by atoms with Crippen LogP contribution in [-0.4, -0.2) is 18.3 Å². The van der Waals surface area contributed by atoms with Crippen LogP contribution in [0.2, 0.25) is 0 Å². The predicted molar refractivity (Wildman–Crippen MR) is 85.4 cm³/mol. The maximum absolute atomic E-state index is 9.15. The van der Waals surface area contributed by atoms with E-state index in [1.165, 1.54) is 11.1 Å². The van der Waals surface area contributed by atoms with E-state index in [1.54, 1.807) is 7.11 Å². The molecule has 112 valence electrons. The summed E-state index contributed by atoms with van der Waals surface area (Å²) in [6.45, 7) is 3.08. The minimum atomic E-state index is 0.0925. The van der Waals surface area contributed by atoms with Gasteiger partial charge in [0, 0.05) is 12.6 Å². The summed E-state index contributed by atoms with van der Waals surface area (Å²) in [7, 11) is 1.68. The third-order valence-electron chi connectivity index (χ3n) is 3.53. The second-order valence-electron chi connectivity index (χ2n) is 5.31. The Morgan fingerprint density at radius 2 is 1.76 bits per heavy atom. The van der Waals surface area contributed by atoms with Gasteiger partial charge in [-0.05, 0) is 42.2 Å². The van der Waals surface area contributed by atoms with Gasteiger partial charge in [-0.25, -0.2) is 0 Å². The molecule has 2 aromatic carbocycles. The molecular weight excluding hydrogens is 262 g/mol. The number of nitrogens with one attached hydrogen (secondary N) is 1. The first-order chi connectivity index (χ1) is 10.2. The van der Waals surface area contributed by atoms with Crippen LogP contribution in [0.3, 0.4) is 0 Å². The molecule has 1 atom stereocenters. The third kappa shape index (κ3) is 4.88. The van der Waals surface area contributed by atoms with Crippen molar-refractivity contribution < 1.29 is 9.84 Å². The highest BCUT2D eigenvalue weighted by atomic mass is 16.5. The number of rotatable bonds is 7. The third-order valence-corrected chi connectivity index (χ3v) is 3.53. The Balaban J connectivity index is 1.84. The van der Waals surface area contributed by atoms with E-state index in [0.29, 0.717) is 6.04 Å². The van der Waals surface area contributed by atoms with Crippen LogP contribution in [-0.2, 0) is 19.6 Å². The minimum absolute atomic E-state index is 0.0925. The molecule has 3 heteroatoms. The van der Waals surface area contributed by atoms with Crippen molar-refractivity contribution in [1.29, 1.82) is 0 Å². The van der Waals surface area contributed by atoms with Gasteiger partial charge >= 0.3 is 0 Å². The first-order valence-electron chi connectivity index (χ1n) is 7.26. The number of hydrogen-bond acceptors (Lipinski definition) is 3. The van der Waals surface area contributed by atoms with Gasteiger partial charge < -0.3 is 15.2 Å². The molecule has 0 aliphatic rings. The fourth-order valence-electron chi connectivity index (χ4n) is 2.32. The van der Waals surface area contributed by atoms with Crippen LogP contribution in [0.1, 0.15) is 23.6 Å². The molecule has 0 saturated heterocycles. The van der Waals surface area contributed by atoms with Crippen LogP contribution >= 0.6 is 0 Å². The van der Waals surface area contributed by atoms with Crippen molar-refractivity contribution in [1.82, 2.24) is 5.32 Å². The minimum Gasteiger partial charge on any atom is -0.497 e. The highest BCUT2D eigenvalue weighted by Gasteiger charge is 2.04. The molecule has 0 aliphatic heterocycles. The summed E-state index contributed by atoms with van der Waals surface area (Å²) in [4.78, 5) is 0. The molecule has 0 fully saturated rings. The molecule has 0 saturated carbocycles. The van der Waals surface area contributed by atoms with Gasteiger partial charge in [-0.3, -0.25) is 0 Å². The van der Waals surface area contributed by atoms with Gasteiger partial charge in [0.15, 0.2) is 0 Å². The molecule has 1 unspecified atom stereocenters. The lowest BCUT2D eigenvalue weighted by atomic mass is 10.1. The Labute approximate surface area is 126 Å². The van der Waals surface area contributed by atoms with Crippen LogP contribution in [0.15, 0.2) is 48.5 Å². The van der Waals surface area contributed by atoms with Crippen LogP contribution in [0.4, 0.5) is 0 Å². The lowest BCUT2D eigenvalue weighted by Gasteiger charge is -2.14. The number of methoxy groups -OCH3 is 1. The first-order valence-corrected chi connectivity index (χ1v) is 7.26. The Morgan fingerprint density at radius 1 is 1.05 bits per heavy atom. The summed E-state index contributed by atoms with van der Waals surface area (Å²) < 4.78 is 5.17. The van der Waals surface area contributed by atoms with Crippen molar-refractivity contribution >= 4 is 0 Å². The Bertz CT molecular complexity index is 551. The zero-order valence-electron chi connectivity index (χ0n) is 12.7. The fourth-order valence-corrected chi connectivity index (χ4v) is 2.32. The van der Waals surface area contributed by atoms with Crippen LogP contribution in [0.25, 0.3) is 0 Å². The van der Waals surface area contributed by atoms with E-state index in [4.69, 9.17) is 9.84 Å². The first kappa shape index (κ1) is 15.5. The summed E-state index contributed by atoms with van der Waals surface area (Å²) in [6.07, 6.45) is 0.976. The SMILES string of the molecule is COc1ccc(CC(C)NCc2cccc(CO)c2)cc1. The van der Waals surface area contributed by atoms with E-state index in [0.717, 1.165) is 24.3 Å². The Morgan fingerprint density at radius 3 is 2.43 bits per heavy atom. The molecule has 0 bridgehead atoms. The van der Waals surface area contributed by atoms with E-state index in [1.807, 2.05) is 30.3 Å². The monoisotopic (exact) mass is 285 g/mol. The molecule has 2 aromatic rings. The number of ether oxygens (including phenoxy) is 1. The predicted octanol–water partition coefficient (Wildman–Crippen LogP) is 2.91. The summed E-state index contributed by atoms with van der Waals surface area (Å²) in [6, 6.07) is 16.6. The summed E-state index contributed by atoms with van der Waals surface area (Å²) in [5.74, 6) is 0.889. The number of benzene rings is 2. The molecule has 3 nitrogen and oxygen atoms in total. The van der Waals surface area contributed by atoms with Gasteiger partial charge in [0.25, 0.3) is 0 Å². The quantitative estimate of drug-likeness (QED) is 0.822. The largest absolute Gasteiger partial charge is 0.497 e. The normalized spacial score (nSPS) is 12.1. The molecule has 21 heavy (non-hydrogen) atoms. The second-order valence-corrected chi connectivity index (χ2v) is 5.31. The lowest BCUT2D eigenvalue weighted by molar-refractivity contribution is 0.281. The molecule has 0 aromatic heterocycles. The van der Waals surface area contributed by atoms with Gasteiger partial charge in [0.2, 0.25) is 0 Å². The van der Waals surface area contributed by atoms with Crippen molar-refractivity contribution in [2.75, 3.05) is 7.11 Å². The molecular formula is C18H23NO2. The van der Waals surface area contributed by atoms with Crippen molar-refractivity contribution in [2.45, 2.75) is 32.5 Å². The van der Waals surface area contributed by atoms with Gasteiger partial charge in [-0.1, -0.05) is 36.4 Å². The Hall–Kier alpha value is -1.84. The second kappa shape index (κ2) is 7.81. The molecule has 0 heterocycles. The van der Waals surface area contributed by atoms with E-state index >= 15 is 0 Å². The maximum atomic E-state index is 9.15. The van der Waals surface area contributed by atoms with Gasteiger partial charge in [0.05, 0.1) is 13.7 Å². The van der Waals surface area contributed by atoms with E-state index < -0.39 is 0 Å². The molecule has 2 N–H and O–H groups in total. The van der Waals surface area contributed by atoms with Crippen LogP contribution < -0.4 is 10.1 Å². The van der Waals surface area contributed by atoms with Crippen LogP contribution in [0, 0.1) is 0 Å². The lowest BCUT2D eigenvalue weighted by Crippen LogP contribution is -2.27. The van der Waals surface area contributed by atoms with Crippen molar-refractivity contribution in [2.24, 2.45) is 0 Å². The highest BCUT2D eigenvalue weighted by Crippen LogP contribution is 2.13. The molecule has 0 spiro atoms. The molecule has 0 radical (unpaired) electrons. The highest BCUT2D eigenvalue weighted by molar-refractivity contribution is 5.27. The van der Waals surface area contributed by atoms with Crippen LogP contribution in [0.5, 0.6) is 5.75 Å². The number of hydrogen-bond donors (Lipinski definition) is 2. The van der Waals surface area contributed by atoms with Crippen molar-refractivity contribution in [3.05, 3.63) is 65.2 Å². The fraction of sp³-hybridized carbons (Fsp3) is 0.333. The van der Waals surface area contributed by atoms with E-state index in [2.05, 4.69) is 30.4 Å². The summed E-state index contributed by atoms with van der Waals surface area (Å²) in [5.41, 5.74) is 3.44. The number of aliphatic hydroxyl groups is 1. The smallest absolute Gasteiger partial charge is 0.118 e.